The standard InChI is InChI=1S/C21H18Cl2N2O5S/c1-29-19-12-18(20(30-2)11-16(19)23)24-21(26)13-6-5-7-14(10-13)31(27,28)25-17-9-4-3-8-15(17)22/h3-12,25H,1-2H3,(H,24,26). The molecule has 0 saturated heterocycles. The molecule has 0 heterocycles. The van der Waals surface area contributed by atoms with E-state index in [-0.39, 0.29) is 21.2 Å². The first-order valence-corrected chi connectivity index (χ1v) is 11.1. The minimum atomic E-state index is -3.97. The van der Waals surface area contributed by atoms with E-state index < -0.39 is 15.9 Å². The van der Waals surface area contributed by atoms with E-state index >= 15 is 0 Å². The maximum Gasteiger partial charge on any atom is 0.261 e. The second kappa shape index (κ2) is 9.47. The molecular weight excluding hydrogens is 463 g/mol. The molecule has 3 aromatic carbocycles. The minimum absolute atomic E-state index is 0.0966. The number of sulfonamides is 1. The highest BCUT2D eigenvalue weighted by Gasteiger charge is 2.19. The van der Waals surface area contributed by atoms with Gasteiger partial charge in [0.15, 0.2) is 0 Å². The number of hydrogen-bond acceptors (Lipinski definition) is 5. The molecular formula is C21H18Cl2N2O5S. The fourth-order valence-corrected chi connectivity index (χ4v) is 4.30. The Hall–Kier alpha value is -2.94. The highest BCUT2D eigenvalue weighted by atomic mass is 35.5. The van der Waals surface area contributed by atoms with Gasteiger partial charge in [0.05, 0.1) is 40.5 Å². The number of rotatable bonds is 7. The van der Waals surface area contributed by atoms with Crippen molar-refractivity contribution in [1.29, 1.82) is 0 Å². The van der Waals surface area contributed by atoms with E-state index in [4.69, 9.17) is 32.7 Å². The second-order valence-electron chi connectivity index (χ2n) is 6.25. The van der Waals surface area contributed by atoms with Crippen molar-refractivity contribution in [3.8, 4) is 11.5 Å². The molecule has 1 amide bonds. The summed E-state index contributed by atoms with van der Waals surface area (Å²) < 4.78 is 38.3. The van der Waals surface area contributed by atoms with Crippen LogP contribution in [0.4, 0.5) is 11.4 Å². The zero-order chi connectivity index (χ0) is 22.6. The van der Waals surface area contributed by atoms with Crippen LogP contribution < -0.4 is 19.5 Å². The Morgan fingerprint density at radius 2 is 1.55 bits per heavy atom. The first-order valence-electron chi connectivity index (χ1n) is 8.85. The van der Waals surface area contributed by atoms with Gasteiger partial charge in [0.2, 0.25) is 0 Å². The fourth-order valence-electron chi connectivity index (χ4n) is 2.70. The number of para-hydroxylation sites is 1. The van der Waals surface area contributed by atoms with Crippen molar-refractivity contribution in [2.24, 2.45) is 0 Å². The monoisotopic (exact) mass is 480 g/mol. The third-order valence-electron chi connectivity index (χ3n) is 4.25. The average molecular weight is 481 g/mol. The van der Waals surface area contributed by atoms with E-state index in [2.05, 4.69) is 10.0 Å². The van der Waals surface area contributed by atoms with Gasteiger partial charge in [-0.05, 0) is 30.3 Å². The molecule has 31 heavy (non-hydrogen) atoms. The number of hydrogen-bond donors (Lipinski definition) is 2. The molecule has 0 radical (unpaired) electrons. The topological polar surface area (TPSA) is 93.7 Å². The van der Waals surface area contributed by atoms with E-state index in [0.29, 0.717) is 22.2 Å². The molecule has 7 nitrogen and oxygen atoms in total. The Morgan fingerprint density at radius 1 is 0.839 bits per heavy atom. The maximum absolute atomic E-state index is 12.8. The zero-order valence-corrected chi connectivity index (χ0v) is 18.8. The third kappa shape index (κ3) is 5.22. The molecule has 0 fully saturated rings. The number of carbonyl (C=O) groups excluding carboxylic acids is 1. The van der Waals surface area contributed by atoms with Crippen molar-refractivity contribution >= 4 is 50.5 Å². The van der Waals surface area contributed by atoms with Crippen LogP contribution in [0, 0.1) is 0 Å². The third-order valence-corrected chi connectivity index (χ3v) is 6.23. The molecule has 10 heteroatoms. The van der Waals surface area contributed by atoms with E-state index in [0.717, 1.165) is 0 Å². The number of amides is 1. The summed E-state index contributed by atoms with van der Waals surface area (Å²) in [6.45, 7) is 0. The largest absolute Gasteiger partial charge is 0.495 e. The van der Waals surface area contributed by atoms with Crippen LogP contribution in [0.2, 0.25) is 10.0 Å². The van der Waals surface area contributed by atoms with Gasteiger partial charge in [0, 0.05) is 17.7 Å². The van der Waals surface area contributed by atoms with Crippen LogP contribution in [-0.2, 0) is 10.0 Å². The summed E-state index contributed by atoms with van der Waals surface area (Å²) in [7, 11) is -1.09. The summed E-state index contributed by atoms with van der Waals surface area (Å²) in [5, 5.41) is 3.25. The molecule has 0 aliphatic heterocycles. The number of ether oxygens (including phenoxy) is 2. The number of carbonyl (C=O) groups is 1. The van der Waals surface area contributed by atoms with Gasteiger partial charge in [0.25, 0.3) is 15.9 Å². The molecule has 0 atom stereocenters. The highest BCUT2D eigenvalue weighted by molar-refractivity contribution is 7.92. The molecule has 162 valence electrons. The lowest BCUT2D eigenvalue weighted by atomic mass is 10.2. The summed E-state index contributed by atoms with van der Waals surface area (Å²) >= 11 is 12.1. The number of halogens is 2. The van der Waals surface area contributed by atoms with Gasteiger partial charge in [-0.1, -0.05) is 41.4 Å². The highest BCUT2D eigenvalue weighted by Crippen LogP contribution is 2.36. The predicted octanol–water partition coefficient (Wildman–Crippen LogP) is 5.06. The number of benzene rings is 3. The SMILES string of the molecule is COc1cc(NC(=O)c2cccc(S(=O)(=O)Nc3ccccc3Cl)c2)c(OC)cc1Cl. The van der Waals surface area contributed by atoms with Crippen molar-refractivity contribution in [1.82, 2.24) is 0 Å². The smallest absolute Gasteiger partial charge is 0.261 e. The first kappa shape index (κ1) is 22.7. The van der Waals surface area contributed by atoms with Gasteiger partial charge in [-0.2, -0.15) is 0 Å². The van der Waals surface area contributed by atoms with Crippen molar-refractivity contribution in [2.75, 3.05) is 24.3 Å². The lowest BCUT2D eigenvalue weighted by Gasteiger charge is -2.14. The van der Waals surface area contributed by atoms with Crippen LogP contribution in [-0.4, -0.2) is 28.5 Å². The lowest BCUT2D eigenvalue weighted by Crippen LogP contribution is -2.16. The summed E-state index contributed by atoms with van der Waals surface area (Å²) in [6.07, 6.45) is 0. The summed E-state index contributed by atoms with van der Waals surface area (Å²) in [5.41, 5.74) is 0.672. The summed E-state index contributed by atoms with van der Waals surface area (Å²) in [4.78, 5) is 12.7. The number of anilines is 2. The van der Waals surface area contributed by atoms with Gasteiger partial charge < -0.3 is 14.8 Å². The number of methoxy groups -OCH3 is 2. The van der Waals surface area contributed by atoms with Crippen molar-refractivity contribution in [2.45, 2.75) is 4.90 Å². The van der Waals surface area contributed by atoms with Crippen LogP contribution in [0.15, 0.2) is 65.6 Å². The van der Waals surface area contributed by atoms with Gasteiger partial charge in [-0.15, -0.1) is 0 Å². The molecule has 3 rings (SSSR count). The summed E-state index contributed by atoms with van der Waals surface area (Å²) in [6, 6.07) is 15.1. The van der Waals surface area contributed by atoms with Gasteiger partial charge in [-0.3, -0.25) is 9.52 Å². The van der Waals surface area contributed by atoms with Crippen molar-refractivity contribution < 1.29 is 22.7 Å². The Kier molecular flexibility index (Phi) is 6.94. The Balaban J connectivity index is 1.88. The molecule has 2 N–H and O–H groups in total. The maximum atomic E-state index is 12.8. The quantitative estimate of drug-likeness (QED) is 0.492. The normalized spacial score (nSPS) is 11.0. The molecule has 0 aromatic heterocycles. The van der Waals surface area contributed by atoms with E-state index in [9.17, 15) is 13.2 Å². The summed E-state index contributed by atoms with van der Waals surface area (Å²) in [5.74, 6) is 0.124. The van der Waals surface area contributed by atoms with Crippen LogP contribution in [0.25, 0.3) is 0 Å². The zero-order valence-electron chi connectivity index (χ0n) is 16.5. The first-order chi connectivity index (χ1) is 14.7. The molecule has 3 aromatic rings. The van der Waals surface area contributed by atoms with Crippen molar-refractivity contribution in [3.05, 3.63) is 76.3 Å². The van der Waals surface area contributed by atoms with Gasteiger partial charge in [-0.25, -0.2) is 8.42 Å². The van der Waals surface area contributed by atoms with Crippen molar-refractivity contribution in [3.63, 3.8) is 0 Å². The molecule has 0 aliphatic carbocycles. The predicted molar refractivity (Wildman–Crippen MR) is 121 cm³/mol. The number of nitrogens with one attached hydrogen (secondary N) is 2. The Bertz CT molecular complexity index is 1230. The van der Waals surface area contributed by atoms with Gasteiger partial charge in [0.1, 0.15) is 11.5 Å². The molecule has 0 spiro atoms. The molecule has 0 saturated carbocycles. The lowest BCUT2D eigenvalue weighted by molar-refractivity contribution is 0.102. The molecule has 0 aliphatic rings. The van der Waals surface area contributed by atoms with Gasteiger partial charge >= 0.3 is 0 Å². The van der Waals surface area contributed by atoms with Crippen LogP contribution in [0.5, 0.6) is 11.5 Å². The van der Waals surface area contributed by atoms with Crippen LogP contribution in [0.1, 0.15) is 10.4 Å². The Labute approximate surface area is 189 Å². The fraction of sp³-hybridized carbons (Fsp3) is 0.0952. The Morgan fingerprint density at radius 3 is 2.23 bits per heavy atom. The van der Waals surface area contributed by atoms with E-state index in [1.807, 2.05) is 0 Å². The second-order valence-corrected chi connectivity index (χ2v) is 8.75. The van der Waals surface area contributed by atoms with Crippen LogP contribution >= 0.6 is 23.2 Å². The molecule has 0 unspecified atom stereocenters. The average Bonchev–Trinajstić information content (AvgIpc) is 2.76. The molecule has 0 bridgehead atoms. The van der Waals surface area contributed by atoms with Crippen LogP contribution in [0.3, 0.4) is 0 Å². The van der Waals surface area contributed by atoms with E-state index in [1.165, 1.54) is 56.7 Å². The minimum Gasteiger partial charge on any atom is -0.495 e. The van der Waals surface area contributed by atoms with E-state index in [1.54, 1.807) is 18.2 Å².